The van der Waals surface area contributed by atoms with Crippen molar-refractivity contribution in [2.45, 2.75) is 19.9 Å². The van der Waals surface area contributed by atoms with Crippen molar-refractivity contribution in [3.8, 4) is 0 Å². The molecule has 0 unspecified atom stereocenters. The van der Waals surface area contributed by atoms with E-state index in [-0.39, 0.29) is 5.91 Å². The van der Waals surface area contributed by atoms with Crippen molar-refractivity contribution in [1.29, 1.82) is 0 Å². The van der Waals surface area contributed by atoms with E-state index >= 15 is 0 Å². The second kappa shape index (κ2) is 4.99. The van der Waals surface area contributed by atoms with E-state index in [0.29, 0.717) is 25.3 Å². The first-order valence-electron chi connectivity index (χ1n) is 4.38. The molecule has 6 heteroatoms. The largest absolute Gasteiger partial charge is 0.381 e. The van der Waals surface area contributed by atoms with Crippen LogP contribution in [0.4, 0.5) is 5.82 Å². The Kier molecular flexibility index (Phi) is 3.94. The number of aryl methyl sites for hydroxylation is 1. The molecule has 0 aromatic carbocycles. The lowest BCUT2D eigenvalue weighted by Gasteiger charge is -2.01. The van der Waals surface area contributed by atoms with Crippen LogP contribution >= 0.6 is 15.9 Å². The molecular formula is C8H13BrN4O. The monoisotopic (exact) mass is 260 g/mol. The summed E-state index contributed by atoms with van der Waals surface area (Å²) >= 11 is 3.24. The molecule has 14 heavy (non-hydrogen) atoms. The molecular weight excluding hydrogens is 248 g/mol. The molecule has 0 aliphatic rings. The third-order valence-electron chi connectivity index (χ3n) is 1.69. The zero-order chi connectivity index (χ0) is 10.6. The Morgan fingerprint density at radius 3 is 3.00 bits per heavy atom. The van der Waals surface area contributed by atoms with Gasteiger partial charge in [0.05, 0.1) is 4.47 Å². The maximum absolute atomic E-state index is 11.1. The van der Waals surface area contributed by atoms with Crippen LogP contribution in [0.25, 0.3) is 0 Å². The molecule has 0 saturated heterocycles. The van der Waals surface area contributed by atoms with Gasteiger partial charge >= 0.3 is 0 Å². The van der Waals surface area contributed by atoms with Crippen LogP contribution in [0.2, 0.25) is 0 Å². The third kappa shape index (κ3) is 3.02. The molecule has 0 aliphatic heterocycles. The van der Waals surface area contributed by atoms with Gasteiger partial charge < -0.3 is 11.1 Å². The summed E-state index contributed by atoms with van der Waals surface area (Å²) in [6.07, 6.45) is 2.18. The van der Waals surface area contributed by atoms with Gasteiger partial charge in [-0.2, -0.15) is 5.10 Å². The minimum Gasteiger partial charge on any atom is -0.381 e. The molecule has 0 saturated carbocycles. The smallest absolute Gasteiger partial charge is 0.221 e. The summed E-state index contributed by atoms with van der Waals surface area (Å²) in [4.78, 5) is 11.1. The van der Waals surface area contributed by atoms with Crippen molar-refractivity contribution in [2.24, 2.45) is 0 Å². The lowest BCUT2D eigenvalue weighted by Crippen LogP contribution is -2.23. The van der Waals surface area contributed by atoms with Crippen molar-refractivity contribution >= 4 is 27.7 Å². The van der Waals surface area contributed by atoms with Gasteiger partial charge in [-0.25, -0.2) is 0 Å². The van der Waals surface area contributed by atoms with Crippen LogP contribution in [-0.2, 0) is 11.3 Å². The van der Waals surface area contributed by atoms with Gasteiger partial charge in [0.25, 0.3) is 0 Å². The van der Waals surface area contributed by atoms with Crippen LogP contribution in [0.5, 0.6) is 0 Å². The molecule has 0 atom stereocenters. The molecule has 1 amide bonds. The Hall–Kier alpha value is -1.04. The minimum absolute atomic E-state index is 0.0256. The van der Waals surface area contributed by atoms with Gasteiger partial charge in [0.2, 0.25) is 5.91 Å². The normalized spacial score (nSPS) is 10.1. The highest BCUT2D eigenvalue weighted by atomic mass is 79.9. The maximum atomic E-state index is 11.1. The molecule has 1 aromatic heterocycles. The maximum Gasteiger partial charge on any atom is 0.221 e. The van der Waals surface area contributed by atoms with Crippen LogP contribution in [0, 0.1) is 0 Å². The van der Waals surface area contributed by atoms with Crippen LogP contribution in [0.3, 0.4) is 0 Å². The van der Waals surface area contributed by atoms with Crippen LogP contribution in [0.15, 0.2) is 10.7 Å². The van der Waals surface area contributed by atoms with E-state index < -0.39 is 0 Å². The predicted octanol–water partition coefficient (Wildman–Crippen LogP) is 0.754. The molecule has 0 spiro atoms. The highest BCUT2D eigenvalue weighted by Crippen LogP contribution is 2.16. The van der Waals surface area contributed by atoms with Gasteiger partial charge in [0.15, 0.2) is 5.82 Å². The number of nitrogen functional groups attached to an aromatic ring is 1. The van der Waals surface area contributed by atoms with Gasteiger partial charge in [-0.15, -0.1) is 0 Å². The standard InChI is InChI=1S/C8H13BrN4O/c1-2-11-7(14)3-4-13-5-6(9)8(10)12-13/h5H,2-4H2,1H3,(H2,10,12)(H,11,14). The van der Waals surface area contributed by atoms with Gasteiger partial charge in [-0.05, 0) is 22.9 Å². The van der Waals surface area contributed by atoms with E-state index in [9.17, 15) is 4.79 Å². The number of nitrogens with two attached hydrogens (primary N) is 1. The van der Waals surface area contributed by atoms with Crippen molar-refractivity contribution < 1.29 is 4.79 Å². The van der Waals surface area contributed by atoms with Crippen LogP contribution in [-0.4, -0.2) is 22.2 Å². The average molecular weight is 261 g/mol. The fourth-order valence-corrected chi connectivity index (χ4v) is 1.34. The van der Waals surface area contributed by atoms with E-state index in [0.717, 1.165) is 4.47 Å². The molecule has 78 valence electrons. The second-order valence-electron chi connectivity index (χ2n) is 2.83. The Labute approximate surface area is 90.8 Å². The number of rotatable bonds is 4. The van der Waals surface area contributed by atoms with E-state index in [2.05, 4.69) is 26.3 Å². The first-order chi connectivity index (χ1) is 6.63. The fourth-order valence-electron chi connectivity index (χ4n) is 1.03. The van der Waals surface area contributed by atoms with Gasteiger partial charge in [0, 0.05) is 25.7 Å². The molecule has 0 fully saturated rings. The average Bonchev–Trinajstić information content (AvgIpc) is 2.44. The van der Waals surface area contributed by atoms with Crippen molar-refractivity contribution in [2.75, 3.05) is 12.3 Å². The summed E-state index contributed by atoms with van der Waals surface area (Å²) in [5.74, 6) is 0.471. The Balaban J connectivity index is 2.42. The first kappa shape index (κ1) is 11.0. The Morgan fingerprint density at radius 2 is 2.50 bits per heavy atom. The highest BCUT2D eigenvalue weighted by Gasteiger charge is 2.04. The van der Waals surface area contributed by atoms with E-state index in [4.69, 9.17) is 5.73 Å². The van der Waals surface area contributed by atoms with E-state index in [1.54, 1.807) is 10.9 Å². The molecule has 0 bridgehead atoms. The van der Waals surface area contributed by atoms with Crippen LogP contribution < -0.4 is 11.1 Å². The number of hydrogen-bond acceptors (Lipinski definition) is 3. The van der Waals surface area contributed by atoms with Gasteiger partial charge in [-0.3, -0.25) is 9.48 Å². The summed E-state index contributed by atoms with van der Waals surface area (Å²) in [5, 5.41) is 6.72. The third-order valence-corrected chi connectivity index (χ3v) is 2.30. The summed E-state index contributed by atoms with van der Waals surface area (Å²) in [6.45, 7) is 3.09. The second-order valence-corrected chi connectivity index (χ2v) is 3.68. The molecule has 0 radical (unpaired) electrons. The molecule has 1 heterocycles. The van der Waals surface area contributed by atoms with E-state index in [1.165, 1.54) is 0 Å². The highest BCUT2D eigenvalue weighted by molar-refractivity contribution is 9.10. The summed E-state index contributed by atoms with van der Waals surface area (Å²) in [6, 6.07) is 0. The van der Waals surface area contributed by atoms with Crippen molar-refractivity contribution in [3.05, 3.63) is 10.7 Å². The van der Waals surface area contributed by atoms with Crippen molar-refractivity contribution in [1.82, 2.24) is 15.1 Å². The molecule has 5 nitrogen and oxygen atoms in total. The molecule has 1 rings (SSSR count). The Morgan fingerprint density at radius 1 is 1.79 bits per heavy atom. The van der Waals surface area contributed by atoms with Crippen molar-refractivity contribution in [3.63, 3.8) is 0 Å². The lowest BCUT2D eigenvalue weighted by molar-refractivity contribution is -0.121. The topological polar surface area (TPSA) is 72.9 Å². The molecule has 1 aromatic rings. The zero-order valence-corrected chi connectivity index (χ0v) is 9.54. The SMILES string of the molecule is CCNC(=O)CCn1cc(Br)c(N)n1. The summed E-state index contributed by atoms with van der Waals surface area (Å²) in [7, 11) is 0. The van der Waals surface area contributed by atoms with Gasteiger partial charge in [0.1, 0.15) is 0 Å². The molecule has 3 N–H and O–H groups in total. The Bertz CT molecular complexity index is 304. The minimum atomic E-state index is 0.0256. The summed E-state index contributed by atoms with van der Waals surface area (Å²) in [5.41, 5.74) is 5.53. The number of aromatic nitrogens is 2. The van der Waals surface area contributed by atoms with Crippen LogP contribution in [0.1, 0.15) is 13.3 Å². The summed E-state index contributed by atoms with van der Waals surface area (Å²) < 4.78 is 2.41. The number of nitrogens with zero attached hydrogens (tertiary/aromatic N) is 2. The lowest BCUT2D eigenvalue weighted by atomic mass is 10.4. The number of carbonyl (C=O) groups excluding carboxylic acids is 1. The predicted molar refractivity (Wildman–Crippen MR) is 57.6 cm³/mol. The first-order valence-corrected chi connectivity index (χ1v) is 5.18. The fraction of sp³-hybridized carbons (Fsp3) is 0.500. The van der Waals surface area contributed by atoms with Gasteiger partial charge in [-0.1, -0.05) is 0 Å². The number of amides is 1. The quantitative estimate of drug-likeness (QED) is 0.840. The zero-order valence-electron chi connectivity index (χ0n) is 7.96. The number of anilines is 1. The number of hydrogen-bond donors (Lipinski definition) is 2. The number of nitrogens with one attached hydrogen (secondary N) is 1. The number of halogens is 1. The van der Waals surface area contributed by atoms with E-state index in [1.807, 2.05) is 6.92 Å². The number of carbonyl (C=O) groups is 1. The molecule has 0 aliphatic carbocycles.